The van der Waals surface area contributed by atoms with Gasteiger partial charge in [0.2, 0.25) is 10.0 Å². The van der Waals surface area contributed by atoms with Crippen LogP contribution in [0.25, 0.3) is 0 Å². The van der Waals surface area contributed by atoms with Crippen molar-refractivity contribution in [1.29, 1.82) is 0 Å². The summed E-state index contributed by atoms with van der Waals surface area (Å²) in [6.07, 6.45) is 0.845. The summed E-state index contributed by atoms with van der Waals surface area (Å²) in [6, 6.07) is -0.998. The van der Waals surface area contributed by atoms with Crippen LogP contribution in [0.3, 0.4) is 0 Å². The number of sulfonamides is 1. The van der Waals surface area contributed by atoms with Gasteiger partial charge < -0.3 is 0 Å². The fraction of sp³-hybridized carbons (Fsp3) is 0.600. The Hall–Kier alpha value is -0.820. The summed E-state index contributed by atoms with van der Waals surface area (Å²) >= 11 is 4.96. The quantitative estimate of drug-likeness (QED) is 0.478. The number of nitrogens with zero attached hydrogens (tertiary/aromatic N) is 2. The number of carbonyl (C=O) groups excluding carboxylic acids is 2. The molecule has 0 spiro atoms. The van der Waals surface area contributed by atoms with E-state index in [2.05, 4.69) is 0 Å². The van der Waals surface area contributed by atoms with Gasteiger partial charge in [-0.05, 0) is 11.6 Å². The lowest BCUT2D eigenvalue weighted by molar-refractivity contribution is 0.196. The first-order valence-corrected chi connectivity index (χ1v) is 5.31. The van der Waals surface area contributed by atoms with Gasteiger partial charge in [0, 0.05) is 14.1 Å². The second-order valence-electron chi connectivity index (χ2n) is 2.33. The Labute approximate surface area is 81.1 Å². The van der Waals surface area contributed by atoms with Crippen LogP contribution in [0.2, 0.25) is 0 Å². The van der Waals surface area contributed by atoms with Crippen molar-refractivity contribution in [3.8, 4) is 0 Å². The van der Waals surface area contributed by atoms with Crippen molar-refractivity contribution in [3.05, 3.63) is 0 Å². The van der Waals surface area contributed by atoms with Gasteiger partial charge >= 0.3 is 11.4 Å². The molecule has 0 fully saturated rings. The molecule has 0 saturated heterocycles. The minimum Gasteiger partial charge on any atom is -0.255 e. The maximum absolute atomic E-state index is 11.1. The van der Waals surface area contributed by atoms with Crippen LogP contribution in [0.4, 0.5) is 9.59 Å². The smallest absolute Gasteiger partial charge is 0.255 e. The first-order valence-electron chi connectivity index (χ1n) is 3.09. The lowest BCUT2D eigenvalue weighted by Gasteiger charge is -2.19. The van der Waals surface area contributed by atoms with E-state index in [0.717, 1.165) is 20.4 Å². The van der Waals surface area contributed by atoms with Gasteiger partial charge in [-0.1, -0.05) is 0 Å². The highest BCUT2D eigenvalue weighted by Crippen LogP contribution is 2.02. The molecule has 0 radical (unpaired) electrons. The molecule has 0 atom stereocenters. The molecule has 0 aromatic carbocycles. The van der Waals surface area contributed by atoms with Gasteiger partial charge in [-0.2, -0.15) is 0 Å². The minimum atomic E-state index is -3.65. The lowest BCUT2D eigenvalue weighted by Crippen LogP contribution is -2.42. The molecular formula is C5H9ClN2O4S. The average Bonchev–Trinajstić information content (AvgIpc) is 1.98. The normalized spacial score (nSPS) is 10.8. The predicted molar refractivity (Wildman–Crippen MR) is 47.0 cm³/mol. The van der Waals surface area contributed by atoms with Crippen molar-refractivity contribution >= 4 is 33.0 Å². The van der Waals surface area contributed by atoms with Crippen LogP contribution in [-0.4, -0.2) is 49.4 Å². The van der Waals surface area contributed by atoms with Crippen LogP contribution in [0.5, 0.6) is 0 Å². The molecule has 0 aromatic heterocycles. The average molecular weight is 229 g/mol. The zero-order valence-electron chi connectivity index (χ0n) is 7.31. The molecule has 3 amide bonds. The van der Waals surface area contributed by atoms with Crippen molar-refractivity contribution < 1.29 is 18.0 Å². The molecule has 0 aliphatic rings. The Bertz CT molecular complexity index is 325. The van der Waals surface area contributed by atoms with E-state index in [9.17, 15) is 18.0 Å². The van der Waals surface area contributed by atoms with Crippen molar-refractivity contribution in [2.24, 2.45) is 0 Å². The molecule has 0 heterocycles. The number of urea groups is 1. The highest BCUT2D eigenvalue weighted by Gasteiger charge is 2.24. The molecule has 0 rings (SSSR count). The summed E-state index contributed by atoms with van der Waals surface area (Å²) in [4.78, 5) is 22.1. The SMILES string of the molecule is CN(C(=O)Cl)C(=O)N(C)S(C)(=O)=O. The molecule has 76 valence electrons. The first kappa shape index (κ1) is 12.2. The highest BCUT2D eigenvalue weighted by molar-refractivity contribution is 7.88. The second-order valence-corrected chi connectivity index (χ2v) is 4.66. The molecule has 0 saturated carbocycles. The standard InChI is InChI=1S/C5H9ClN2O4S/c1-7(4(6)9)5(10)8(2)13(3,11)12/h1-3H3. The summed E-state index contributed by atoms with van der Waals surface area (Å²) in [6.45, 7) is 0. The Balaban J connectivity index is 4.73. The third-order valence-corrected chi connectivity index (χ3v) is 2.72. The van der Waals surface area contributed by atoms with Gasteiger partial charge in [0.1, 0.15) is 0 Å². The molecule has 13 heavy (non-hydrogen) atoms. The van der Waals surface area contributed by atoms with Crippen LogP contribution in [0.15, 0.2) is 0 Å². The molecule has 8 heteroatoms. The Morgan fingerprint density at radius 2 is 1.62 bits per heavy atom. The fourth-order valence-electron chi connectivity index (χ4n) is 0.428. The first-order chi connectivity index (χ1) is 5.68. The Kier molecular flexibility index (Phi) is 3.68. The summed E-state index contributed by atoms with van der Waals surface area (Å²) in [5.41, 5.74) is 0. The monoisotopic (exact) mass is 228 g/mol. The molecule has 0 aliphatic heterocycles. The summed E-state index contributed by atoms with van der Waals surface area (Å²) in [5, 5.41) is -1.04. The van der Waals surface area contributed by atoms with Crippen LogP contribution in [0.1, 0.15) is 0 Å². The van der Waals surface area contributed by atoms with Crippen molar-refractivity contribution in [3.63, 3.8) is 0 Å². The molecule has 0 N–H and O–H groups in total. The number of rotatable bonds is 1. The lowest BCUT2D eigenvalue weighted by atomic mass is 10.8. The van der Waals surface area contributed by atoms with Gasteiger partial charge in [-0.15, -0.1) is 0 Å². The van der Waals surface area contributed by atoms with E-state index in [1.54, 1.807) is 0 Å². The van der Waals surface area contributed by atoms with Crippen LogP contribution < -0.4 is 0 Å². The molecule has 0 unspecified atom stereocenters. The summed E-state index contributed by atoms with van der Waals surface area (Å²) < 4.78 is 22.1. The Morgan fingerprint density at radius 1 is 1.23 bits per heavy atom. The number of imide groups is 1. The topological polar surface area (TPSA) is 74.8 Å². The largest absolute Gasteiger partial charge is 0.340 e. The zero-order valence-corrected chi connectivity index (χ0v) is 8.89. The van der Waals surface area contributed by atoms with Crippen molar-refractivity contribution in [1.82, 2.24) is 9.21 Å². The number of carbonyl (C=O) groups is 2. The van der Waals surface area contributed by atoms with E-state index < -0.39 is 21.4 Å². The highest BCUT2D eigenvalue weighted by atomic mass is 35.5. The summed E-state index contributed by atoms with van der Waals surface area (Å²) in [7, 11) is -1.53. The predicted octanol–water partition coefficient (Wildman–Crippen LogP) is 0.288. The van der Waals surface area contributed by atoms with E-state index in [1.165, 1.54) is 0 Å². The van der Waals surface area contributed by atoms with Gasteiger partial charge in [0.15, 0.2) is 0 Å². The second kappa shape index (κ2) is 3.93. The van der Waals surface area contributed by atoms with E-state index in [4.69, 9.17) is 11.6 Å². The molecule has 0 aliphatic carbocycles. The maximum Gasteiger partial charge on any atom is 0.340 e. The molecular weight excluding hydrogens is 220 g/mol. The van der Waals surface area contributed by atoms with E-state index in [-0.39, 0.29) is 0 Å². The van der Waals surface area contributed by atoms with Crippen molar-refractivity contribution in [2.45, 2.75) is 0 Å². The van der Waals surface area contributed by atoms with Gasteiger partial charge in [-0.3, -0.25) is 9.69 Å². The molecule has 0 bridgehead atoms. The van der Waals surface area contributed by atoms with Crippen LogP contribution >= 0.6 is 11.6 Å². The fourth-order valence-corrected chi connectivity index (χ4v) is 0.907. The number of hydrogen-bond acceptors (Lipinski definition) is 4. The summed E-state index contributed by atoms with van der Waals surface area (Å²) in [5.74, 6) is 0. The number of halogens is 1. The van der Waals surface area contributed by atoms with Crippen LogP contribution in [0, 0.1) is 0 Å². The van der Waals surface area contributed by atoms with E-state index in [0.29, 0.717) is 9.21 Å². The van der Waals surface area contributed by atoms with Gasteiger partial charge in [-0.25, -0.2) is 17.5 Å². The third kappa shape index (κ3) is 3.19. The van der Waals surface area contributed by atoms with Gasteiger partial charge in [0.25, 0.3) is 0 Å². The van der Waals surface area contributed by atoms with Crippen LogP contribution in [-0.2, 0) is 10.0 Å². The minimum absolute atomic E-state index is 0.424. The third-order valence-electron chi connectivity index (χ3n) is 1.32. The van der Waals surface area contributed by atoms with Crippen molar-refractivity contribution in [2.75, 3.05) is 20.4 Å². The number of amides is 3. The van der Waals surface area contributed by atoms with E-state index in [1.807, 2.05) is 0 Å². The van der Waals surface area contributed by atoms with Gasteiger partial charge in [0.05, 0.1) is 6.26 Å². The maximum atomic E-state index is 11.1. The molecule has 0 aromatic rings. The number of hydrogen-bond donors (Lipinski definition) is 0. The van der Waals surface area contributed by atoms with E-state index >= 15 is 0 Å². The Morgan fingerprint density at radius 3 is 1.85 bits per heavy atom. The molecule has 6 nitrogen and oxygen atoms in total. The zero-order chi connectivity index (χ0) is 10.8.